The molecule has 0 aromatic heterocycles. The predicted octanol–water partition coefficient (Wildman–Crippen LogP) is 1.33. The highest BCUT2D eigenvalue weighted by molar-refractivity contribution is 5.97. The lowest BCUT2D eigenvalue weighted by Gasteiger charge is -2.15. The minimum absolute atomic E-state index is 0.0567. The average Bonchev–Trinajstić information content (AvgIpc) is 2.74. The summed E-state index contributed by atoms with van der Waals surface area (Å²) >= 11 is 0. The Morgan fingerprint density at radius 3 is 2.11 bits per heavy atom. The van der Waals surface area contributed by atoms with Crippen molar-refractivity contribution in [1.82, 2.24) is 10.9 Å². The second-order valence-electron chi connectivity index (χ2n) is 5.33. The first-order chi connectivity index (χ1) is 13.5. The van der Waals surface area contributed by atoms with Gasteiger partial charge in [0, 0.05) is 5.56 Å². The monoisotopic (exact) mass is 388 g/mol. The van der Waals surface area contributed by atoms with Crippen molar-refractivity contribution in [3.8, 4) is 17.2 Å². The zero-order valence-corrected chi connectivity index (χ0v) is 15.6. The summed E-state index contributed by atoms with van der Waals surface area (Å²) < 4.78 is 20.5. The second kappa shape index (κ2) is 9.81. The van der Waals surface area contributed by atoms with Crippen molar-refractivity contribution in [2.75, 3.05) is 27.9 Å². The van der Waals surface area contributed by atoms with E-state index in [1.807, 2.05) is 0 Å². The minimum Gasteiger partial charge on any atom is -0.493 e. The van der Waals surface area contributed by atoms with E-state index in [9.17, 15) is 14.4 Å². The summed E-state index contributed by atoms with van der Waals surface area (Å²) in [6, 6.07) is 11.3. The van der Waals surface area contributed by atoms with Crippen molar-refractivity contribution in [3.63, 3.8) is 0 Å². The fraction of sp³-hybridized carbons (Fsp3) is 0.211. The number of hydrogen-bond acceptors (Lipinski definition) is 7. The molecule has 2 N–H and O–H groups in total. The van der Waals surface area contributed by atoms with Crippen molar-refractivity contribution in [1.29, 1.82) is 0 Å². The molecule has 9 heteroatoms. The van der Waals surface area contributed by atoms with Crippen molar-refractivity contribution < 1.29 is 33.3 Å². The first-order valence-electron chi connectivity index (χ1n) is 8.12. The first kappa shape index (κ1) is 20.6. The molecule has 0 aliphatic rings. The number of amides is 2. The molecular formula is C19H20N2O7. The number of carbonyl (C=O) groups is 3. The van der Waals surface area contributed by atoms with Gasteiger partial charge in [-0.3, -0.25) is 20.4 Å². The third-order valence-corrected chi connectivity index (χ3v) is 3.61. The quantitative estimate of drug-likeness (QED) is 0.544. The van der Waals surface area contributed by atoms with Gasteiger partial charge in [-0.2, -0.15) is 0 Å². The fourth-order valence-electron chi connectivity index (χ4n) is 2.30. The molecule has 0 radical (unpaired) electrons. The first-order valence-corrected chi connectivity index (χ1v) is 8.12. The Morgan fingerprint density at radius 1 is 0.821 bits per heavy atom. The number of carbonyl (C=O) groups excluding carboxylic acids is 3. The number of methoxy groups -OCH3 is 3. The molecule has 0 heterocycles. The standard InChI is InChI=1S/C19H20N2O7/c1-25-14-10-9-13(16(26-2)17(14)27-3)19(24)28-11-15(22)20-21-18(23)12-7-5-4-6-8-12/h4-10H,11H2,1-3H3,(H,20,22)(H,21,23). The van der Waals surface area contributed by atoms with E-state index in [0.717, 1.165) is 0 Å². The van der Waals surface area contributed by atoms with E-state index in [1.54, 1.807) is 30.3 Å². The molecule has 0 aliphatic heterocycles. The molecule has 2 aromatic rings. The molecule has 2 amide bonds. The van der Waals surface area contributed by atoms with Gasteiger partial charge in [0.05, 0.1) is 21.3 Å². The Bertz CT molecular complexity index is 853. The lowest BCUT2D eigenvalue weighted by atomic mass is 10.1. The number of hydrazine groups is 1. The highest BCUT2D eigenvalue weighted by Gasteiger charge is 2.22. The molecule has 0 saturated carbocycles. The maximum Gasteiger partial charge on any atom is 0.342 e. The summed E-state index contributed by atoms with van der Waals surface area (Å²) in [7, 11) is 4.21. The molecule has 0 unspecified atom stereocenters. The SMILES string of the molecule is COc1ccc(C(=O)OCC(=O)NNC(=O)c2ccccc2)c(OC)c1OC. The molecule has 28 heavy (non-hydrogen) atoms. The molecule has 0 bridgehead atoms. The third-order valence-electron chi connectivity index (χ3n) is 3.61. The van der Waals surface area contributed by atoms with Crippen LogP contribution in [0.25, 0.3) is 0 Å². The Morgan fingerprint density at radius 2 is 1.50 bits per heavy atom. The second-order valence-corrected chi connectivity index (χ2v) is 5.33. The van der Waals surface area contributed by atoms with Gasteiger partial charge in [0.15, 0.2) is 18.1 Å². The molecule has 9 nitrogen and oxygen atoms in total. The number of hydrogen-bond donors (Lipinski definition) is 2. The zero-order valence-electron chi connectivity index (χ0n) is 15.6. The maximum atomic E-state index is 12.3. The zero-order chi connectivity index (χ0) is 20.5. The van der Waals surface area contributed by atoms with Crippen LogP contribution < -0.4 is 25.1 Å². The van der Waals surface area contributed by atoms with Crippen LogP contribution in [0.3, 0.4) is 0 Å². The van der Waals surface area contributed by atoms with Gasteiger partial charge in [0.1, 0.15) is 5.56 Å². The van der Waals surface area contributed by atoms with Crippen molar-refractivity contribution in [3.05, 3.63) is 53.6 Å². The van der Waals surface area contributed by atoms with Gasteiger partial charge in [-0.05, 0) is 24.3 Å². The Balaban J connectivity index is 1.94. The molecule has 0 fully saturated rings. The van der Waals surface area contributed by atoms with Gasteiger partial charge in [-0.1, -0.05) is 18.2 Å². The van der Waals surface area contributed by atoms with E-state index in [4.69, 9.17) is 18.9 Å². The largest absolute Gasteiger partial charge is 0.493 e. The van der Waals surface area contributed by atoms with Crippen LogP contribution in [-0.2, 0) is 9.53 Å². The van der Waals surface area contributed by atoms with Crippen LogP contribution in [0.15, 0.2) is 42.5 Å². The molecule has 0 aliphatic carbocycles. The third kappa shape index (κ3) is 4.91. The predicted molar refractivity (Wildman–Crippen MR) is 98.4 cm³/mol. The molecule has 0 spiro atoms. The maximum absolute atomic E-state index is 12.3. The molecule has 2 rings (SSSR count). The molecule has 0 saturated heterocycles. The number of benzene rings is 2. The number of nitrogens with one attached hydrogen (secondary N) is 2. The number of ether oxygens (including phenoxy) is 4. The minimum atomic E-state index is -0.803. The smallest absolute Gasteiger partial charge is 0.342 e. The Kier molecular flexibility index (Phi) is 7.21. The number of esters is 1. The van der Waals surface area contributed by atoms with E-state index in [0.29, 0.717) is 11.3 Å². The fourth-order valence-corrected chi connectivity index (χ4v) is 2.30. The van der Waals surface area contributed by atoms with Gasteiger partial charge in [0.25, 0.3) is 11.8 Å². The van der Waals surface area contributed by atoms with E-state index >= 15 is 0 Å². The van der Waals surface area contributed by atoms with E-state index in [1.165, 1.54) is 33.5 Å². The van der Waals surface area contributed by atoms with Crippen molar-refractivity contribution in [2.45, 2.75) is 0 Å². The Labute approximate surface area is 161 Å². The van der Waals surface area contributed by atoms with Crippen LogP contribution in [0, 0.1) is 0 Å². The van der Waals surface area contributed by atoms with Crippen LogP contribution in [0.2, 0.25) is 0 Å². The summed E-state index contributed by atoms with van der Waals surface area (Å²) in [5.74, 6) is -1.30. The summed E-state index contributed by atoms with van der Waals surface area (Å²) in [6.07, 6.45) is 0. The number of rotatable bonds is 7. The Hall–Kier alpha value is -3.75. The van der Waals surface area contributed by atoms with Crippen molar-refractivity contribution >= 4 is 17.8 Å². The van der Waals surface area contributed by atoms with E-state index in [-0.39, 0.29) is 17.1 Å². The molecule has 0 atom stereocenters. The van der Waals surface area contributed by atoms with Crippen LogP contribution in [0.4, 0.5) is 0 Å². The van der Waals surface area contributed by atoms with Crippen molar-refractivity contribution in [2.24, 2.45) is 0 Å². The van der Waals surface area contributed by atoms with Gasteiger partial charge < -0.3 is 18.9 Å². The summed E-state index contributed by atoms with van der Waals surface area (Å²) in [6.45, 7) is -0.606. The lowest BCUT2D eigenvalue weighted by Crippen LogP contribution is -2.43. The van der Waals surface area contributed by atoms with Gasteiger partial charge in [0.2, 0.25) is 5.75 Å². The van der Waals surface area contributed by atoms with Crippen LogP contribution in [0.1, 0.15) is 20.7 Å². The van der Waals surface area contributed by atoms with Crippen LogP contribution >= 0.6 is 0 Å². The summed E-state index contributed by atoms with van der Waals surface area (Å²) in [5.41, 5.74) is 4.82. The van der Waals surface area contributed by atoms with Gasteiger partial charge in [-0.15, -0.1) is 0 Å². The van der Waals surface area contributed by atoms with E-state index < -0.39 is 24.4 Å². The van der Waals surface area contributed by atoms with Crippen LogP contribution in [-0.4, -0.2) is 45.7 Å². The average molecular weight is 388 g/mol. The molecule has 2 aromatic carbocycles. The lowest BCUT2D eigenvalue weighted by molar-refractivity contribution is -0.125. The van der Waals surface area contributed by atoms with Gasteiger partial charge in [-0.25, -0.2) is 4.79 Å². The molecular weight excluding hydrogens is 368 g/mol. The topological polar surface area (TPSA) is 112 Å². The highest BCUT2D eigenvalue weighted by Crippen LogP contribution is 2.39. The van der Waals surface area contributed by atoms with E-state index in [2.05, 4.69) is 10.9 Å². The summed E-state index contributed by atoms with van der Waals surface area (Å²) in [5, 5.41) is 0. The molecule has 148 valence electrons. The highest BCUT2D eigenvalue weighted by atomic mass is 16.5. The normalized spacial score (nSPS) is 9.82. The summed E-state index contributed by atoms with van der Waals surface area (Å²) in [4.78, 5) is 36.0. The van der Waals surface area contributed by atoms with Crippen LogP contribution in [0.5, 0.6) is 17.2 Å². The van der Waals surface area contributed by atoms with Gasteiger partial charge >= 0.3 is 5.97 Å².